The van der Waals surface area contributed by atoms with Gasteiger partial charge in [0.25, 0.3) is 0 Å². The number of nitrogens with two attached hydrogens (primary N) is 2. The average molecular weight is 310 g/mol. The Kier molecular flexibility index (Phi) is 9.37. The third-order valence-electron chi connectivity index (χ3n) is 3.29. The van der Waals surface area contributed by atoms with Gasteiger partial charge >= 0.3 is 0 Å². The Morgan fingerprint density at radius 2 is 1.91 bits per heavy atom. The number of hydrogen-bond donors (Lipinski definition) is 3. The van der Waals surface area contributed by atoms with E-state index in [0.717, 1.165) is 51.6 Å². The fourth-order valence-corrected chi connectivity index (χ4v) is 2.02. The van der Waals surface area contributed by atoms with Gasteiger partial charge in [-0.05, 0) is 38.6 Å². The third-order valence-corrected chi connectivity index (χ3v) is 3.29. The fraction of sp³-hybridized carbons (Fsp3) is 0.625. The molecule has 1 rings (SSSR count). The van der Waals surface area contributed by atoms with Crippen molar-refractivity contribution in [2.24, 2.45) is 0 Å². The van der Waals surface area contributed by atoms with Crippen molar-refractivity contribution in [1.29, 1.82) is 0 Å². The summed E-state index contributed by atoms with van der Waals surface area (Å²) in [5.41, 5.74) is 13.8. The Bertz CT molecular complexity index is 415. The van der Waals surface area contributed by atoms with Crippen LogP contribution in [0.2, 0.25) is 0 Å². The number of nitrogen functional groups attached to an aromatic ring is 2. The fourth-order valence-electron chi connectivity index (χ4n) is 2.02. The molecule has 5 N–H and O–H groups in total. The Balaban J connectivity index is 1.99. The zero-order valence-electron chi connectivity index (χ0n) is 13.8. The van der Waals surface area contributed by atoms with E-state index in [1.54, 1.807) is 6.07 Å². The highest BCUT2D eigenvalue weighted by molar-refractivity contribution is 5.70. The summed E-state index contributed by atoms with van der Waals surface area (Å²) in [5, 5.41) is 3.24. The highest BCUT2D eigenvalue weighted by atomic mass is 16.5. The predicted molar refractivity (Wildman–Crippen MR) is 93.2 cm³/mol. The van der Waals surface area contributed by atoms with Gasteiger partial charge < -0.3 is 31.2 Å². The van der Waals surface area contributed by atoms with Crippen LogP contribution in [0.15, 0.2) is 18.2 Å². The van der Waals surface area contributed by atoms with Crippen LogP contribution in [0.25, 0.3) is 0 Å². The molecular formula is C16H30N4O2. The van der Waals surface area contributed by atoms with Gasteiger partial charge in [-0.3, -0.25) is 0 Å². The van der Waals surface area contributed by atoms with E-state index >= 15 is 0 Å². The van der Waals surface area contributed by atoms with Crippen LogP contribution in [0, 0.1) is 0 Å². The Morgan fingerprint density at radius 3 is 2.64 bits per heavy atom. The number of hydrogen-bond acceptors (Lipinski definition) is 6. The molecule has 126 valence electrons. The summed E-state index contributed by atoms with van der Waals surface area (Å²) in [5.74, 6) is 0. The van der Waals surface area contributed by atoms with Crippen molar-refractivity contribution < 1.29 is 9.47 Å². The minimum atomic E-state index is 0.659. The second-order valence-corrected chi connectivity index (χ2v) is 5.24. The summed E-state index contributed by atoms with van der Waals surface area (Å²) in [4.78, 5) is 2.26. The molecule has 0 saturated heterocycles. The molecule has 1 aromatic rings. The van der Waals surface area contributed by atoms with Crippen LogP contribution in [0.5, 0.6) is 0 Å². The van der Waals surface area contributed by atoms with Gasteiger partial charge in [0, 0.05) is 38.5 Å². The summed E-state index contributed by atoms with van der Waals surface area (Å²) in [6.45, 7) is 7.72. The molecule has 0 spiro atoms. The third kappa shape index (κ3) is 8.07. The van der Waals surface area contributed by atoms with Crippen molar-refractivity contribution in [2.75, 3.05) is 69.9 Å². The molecule has 0 aliphatic rings. The quantitative estimate of drug-likeness (QED) is 0.402. The van der Waals surface area contributed by atoms with Crippen LogP contribution in [-0.4, -0.2) is 58.0 Å². The Hall–Kier alpha value is -1.50. The van der Waals surface area contributed by atoms with Crippen molar-refractivity contribution in [1.82, 2.24) is 4.90 Å². The molecule has 0 bridgehead atoms. The predicted octanol–water partition coefficient (Wildman–Crippen LogP) is 1.64. The molecule has 0 fully saturated rings. The maximum absolute atomic E-state index is 5.87. The maximum atomic E-state index is 5.87. The van der Waals surface area contributed by atoms with Crippen LogP contribution < -0.4 is 16.8 Å². The van der Waals surface area contributed by atoms with Crippen LogP contribution in [-0.2, 0) is 9.47 Å². The van der Waals surface area contributed by atoms with Crippen molar-refractivity contribution in [3.05, 3.63) is 18.2 Å². The first-order valence-corrected chi connectivity index (χ1v) is 7.86. The second kappa shape index (κ2) is 11.1. The lowest BCUT2D eigenvalue weighted by Gasteiger charge is -2.16. The highest BCUT2D eigenvalue weighted by Gasteiger charge is 2.00. The van der Waals surface area contributed by atoms with E-state index < -0.39 is 0 Å². The first-order valence-electron chi connectivity index (χ1n) is 7.86. The van der Waals surface area contributed by atoms with Gasteiger partial charge in [0.15, 0.2) is 0 Å². The maximum Gasteiger partial charge on any atom is 0.0639 e. The number of rotatable bonds is 12. The van der Waals surface area contributed by atoms with Crippen molar-refractivity contribution in [3.63, 3.8) is 0 Å². The number of ether oxygens (including phenoxy) is 2. The van der Waals surface area contributed by atoms with Gasteiger partial charge in [-0.15, -0.1) is 0 Å². The van der Waals surface area contributed by atoms with Gasteiger partial charge in [0.2, 0.25) is 0 Å². The number of anilines is 3. The van der Waals surface area contributed by atoms with Gasteiger partial charge in [0.1, 0.15) is 0 Å². The molecule has 0 atom stereocenters. The zero-order valence-corrected chi connectivity index (χ0v) is 13.8. The number of nitrogens with zero attached hydrogens (tertiary/aromatic N) is 1. The summed E-state index contributed by atoms with van der Waals surface area (Å²) in [6.07, 6.45) is 1.02. The van der Waals surface area contributed by atoms with Crippen LogP contribution >= 0.6 is 0 Å². The van der Waals surface area contributed by atoms with Gasteiger partial charge in [0.05, 0.1) is 24.6 Å². The molecule has 6 nitrogen and oxygen atoms in total. The van der Waals surface area contributed by atoms with Crippen molar-refractivity contribution in [2.45, 2.75) is 13.3 Å². The van der Waals surface area contributed by atoms with E-state index in [0.29, 0.717) is 18.0 Å². The lowest BCUT2D eigenvalue weighted by atomic mass is 10.2. The minimum absolute atomic E-state index is 0.659. The van der Waals surface area contributed by atoms with E-state index in [1.165, 1.54) is 0 Å². The first kappa shape index (κ1) is 18.5. The molecule has 0 amide bonds. The summed E-state index contributed by atoms with van der Waals surface area (Å²) >= 11 is 0. The van der Waals surface area contributed by atoms with E-state index in [9.17, 15) is 0 Å². The number of likely N-dealkylation sites (N-methyl/N-ethyl adjacent to an activating group) is 1. The standard InChI is InChI=1S/C16H30N4O2/c1-3-21-12-9-20(2)8-4-10-22-11-7-19-16-6-5-14(17)13-15(16)18/h5-6,13,19H,3-4,7-12,17-18H2,1-2H3. The first-order chi connectivity index (χ1) is 10.6. The summed E-state index contributed by atoms with van der Waals surface area (Å²) in [7, 11) is 2.10. The zero-order chi connectivity index (χ0) is 16.2. The van der Waals surface area contributed by atoms with E-state index in [1.807, 2.05) is 19.1 Å². The van der Waals surface area contributed by atoms with Crippen LogP contribution in [0.1, 0.15) is 13.3 Å². The van der Waals surface area contributed by atoms with Gasteiger partial charge in [-0.2, -0.15) is 0 Å². The second-order valence-electron chi connectivity index (χ2n) is 5.24. The molecule has 6 heteroatoms. The number of nitrogens with one attached hydrogen (secondary N) is 1. The average Bonchev–Trinajstić information content (AvgIpc) is 2.48. The number of benzene rings is 1. The van der Waals surface area contributed by atoms with E-state index in [2.05, 4.69) is 17.3 Å². The van der Waals surface area contributed by atoms with E-state index in [-0.39, 0.29) is 0 Å². The molecule has 0 saturated carbocycles. The molecule has 0 aromatic heterocycles. The largest absolute Gasteiger partial charge is 0.399 e. The lowest BCUT2D eigenvalue weighted by Crippen LogP contribution is -2.25. The summed E-state index contributed by atoms with van der Waals surface area (Å²) < 4.78 is 10.9. The highest BCUT2D eigenvalue weighted by Crippen LogP contribution is 2.20. The van der Waals surface area contributed by atoms with Crippen LogP contribution in [0.3, 0.4) is 0 Å². The Morgan fingerprint density at radius 1 is 1.09 bits per heavy atom. The molecule has 1 aromatic carbocycles. The minimum Gasteiger partial charge on any atom is -0.399 e. The SMILES string of the molecule is CCOCCN(C)CCCOCCNc1ccc(N)cc1N. The normalized spacial score (nSPS) is 11.0. The van der Waals surface area contributed by atoms with Crippen molar-refractivity contribution >= 4 is 17.1 Å². The topological polar surface area (TPSA) is 85.8 Å². The van der Waals surface area contributed by atoms with Gasteiger partial charge in [-0.1, -0.05) is 0 Å². The molecule has 0 aliphatic carbocycles. The lowest BCUT2D eigenvalue weighted by molar-refractivity contribution is 0.108. The van der Waals surface area contributed by atoms with E-state index in [4.69, 9.17) is 20.9 Å². The molecule has 0 aliphatic heterocycles. The molecule has 22 heavy (non-hydrogen) atoms. The molecular weight excluding hydrogens is 280 g/mol. The molecule has 0 unspecified atom stereocenters. The Labute approximate surface area is 133 Å². The van der Waals surface area contributed by atoms with Crippen molar-refractivity contribution in [3.8, 4) is 0 Å². The smallest absolute Gasteiger partial charge is 0.0639 e. The van der Waals surface area contributed by atoms with Crippen LogP contribution in [0.4, 0.5) is 17.1 Å². The molecule has 0 heterocycles. The monoisotopic (exact) mass is 310 g/mol. The summed E-state index contributed by atoms with van der Waals surface area (Å²) in [6, 6.07) is 5.47. The molecule has 0 radical (unpaired) electrons. The van der Waals surface area contributed by atoms with Gasteiger partial charge in [-0.25, -0.2) is 0 Å².